The summed E-state index contributed by atoms with van der Waals surface area (Å²) in [6.07, 6.45) is 1.93. The predicted octanol–water partition coefficient (Wildman–Crippen LogP) is 2.91. The largest absolute Gasteiger partial charge is 0.464 e. The lowest BCUT2D eigenvalue weighted by Crippen LogP contribution is -2.31. The number of amides is 1. The molecule has 0 aliphatic carbocycles. The molecule has 0 unspecified atom stereocenters. The Labute approximate surface area is 132 Å². The Bertz CT molecular complexity index is 684. The van der Waals surface area contributed by atoms with E-state index in [1.54, 1.807) is 29.5 Å². The predicted molar refractivity (Wildman–Crippen MR) is 82.9 cm³/mol. The third-order valence-corrected chi connectivity index (χ3v) is 4.51. The van der Waals surface area contributed by atoms with Gasteiger partial charge in [-0.2, -0.15) is 11.3 Å². The number of methoxy groups -OCH3 is 1. The molecule has 1 amide bonds. The zero-order valence-electron chi connectivity index (χ0n) is 12.2. The monoisotopic (exact) mass is 316 g/mol. The first-order valence-electron chi connectivity index (χ1n) is 7.09. The van der Waals surface area contributed by atoms with Crippen LogP contribution in [0.2, 0.25) is 0 Å². The Kier molecular flexibility index (Phi) is 4.20. The zero-order chi connectivity index (χ0) is 15.5. The summed E-state index contributed by atoms with van der Waals surface area (Å²) < 4.78 is 4.65. The molecule has 0 N–H and O–H groups in total. The highest BCUT2D eigenvalue weighted by molar-refractivity contribution is 7.08. The highest BCUT2D eigenvalue weighted by Crippen LogP contribution is 2.33. The average molecular weight is 316 g/mol. The molecule has 0 aromatic carbocycles. The third-order valence-electron chi connectivity index (χ3n) is 3.80. The lowest BCUT2D eigenvalue weighted by Gasteiger charge is -2.24. The normalized spacial score (nSPS) is 17.5. The molecule has 0 saturated carbocycles. The van der Waals surface area contributed by atoms with Gasteiger partial charge in [0.2, 0.25) is 0 Å². The van der Waals surface area contributed by atoms with E-state index in [0.717, 1.165) is 12.8 Å². The van der Waals surface area contributed by atoms with Crippen LogP contribution in [-0.4, -0.2) is 35.4 Å². The van der Waals surface area contributed by atoms with Crippen molar-refractivity contribution in [2.45, 2.75) is 18.9 Å². The van der Waals surface area contributed by atoms with Gasteiger partial charge in [-0.3, -0.25) is 4.79 Å². The number of hydrogen-bond donors (Lipinski definition) is 0. The number of ether oxygens (including phenoxy) is 1. The van der Waals surface area contributed by atoms with E-state index in [-0.39, 0.29) is 23.3 Å². The number of pyridine rings is 1. The van der Waals surface area contributed by atoms with Gasteiger partial charge < -0.3 is 9.64 Å². The Morgan fingerprint density at radius 1 is 1.32 bits per heavy atom. The summed E-state index contributed by atoms with van der Waals surface area (Å²) in [5.41, 5.74) is 1.60. The van der Waals surface area contributed by atoms with Crippen molar-refractivity contribution in [1.82, 2.24) is 9.88 Å². The number of likely N-dealkylation sites (tertiary alicyclic amines) is 1. The maximum absolute atomic E-state index is 12.7. The number of thiophene rings is 1. The van der Waals surface area contributed by atoms with Crippen molar-refractivity contribution in [2.75, 3.05) is 13.7 Å². The summed E-state index contributed by atoms with van der Waals surface area (Å²) in [5.74, 6) is -0.676. The van der Waals surface area contributed by atoms with Gasteiger partial charge in [0.25, 0.3) is 5.91 Å². The first-order chi connectivity index (χ1) is 10.7. The number of carbonyl (C=O) groups excluding carboxylic acids is 2. The molecule has 0 bridgehead atoms. The lowest BCUT2D eigenvalue weighted by atomic mass is 10.1. The molecule has 1 fully saturated rings. The minimum atomic E-state index is -0.537. The number of hydrogen-bond acceptors (Lipinski definition) is 5. The summed E-state index contributed by atoms with van der Waals surface area (Å²) in [6, 6.07) is 6.99. The second kappa shape index (κ2) is 6.27. The molecule has 2 aromatic rings. The molecule has 22 heavy (non-hydrogen) atoms. The van der Waals surface area contributed by atoms with Gasteiger partial charge in [0.1, 0.15) is 11.4 Å². The quantitative estimate of drug-likeness (QED) is 0.817. The van der Waals surface area contributed by atoms with E-state index < -0.39 is 5.97 Å². The lowest BCUT2D eigenvalue weighted by molar-refractivity contribution is 0.0593. The van der Waals surface area contributed by atoms with E-state index >= 15 is 0 Å². The van der Waals surface area contributed by atoms with Crippen molar-refractivity contribution < 1.29 is 14.3 Å². The molecular formula is C16H16N2O3S. The standard InChI is InChI=1S/C16H16N2O3S/c1-21-16(20)13-5-2-4-12(17-13)15(19)18-8-3-6-14(18)11-7-9-22-10-11/h2,4-5,7,9-10,14H,3,6,8H2,1H3/t14-/m1/s1. The molecule has 3 rings (SSSR count). The molecule has 1 atom stereocenters. The Morgan fingerprint density at radius 2 is 2.14 bits per heavy atom. The minimum absolute atomic E-state index is 0.0994. The fraction of sp³-hybridized carbons (Fsp3) is 0.312. The van der Waals surface area contributed by atoms with Crippen LogP contribution in [0, 0.1) is 0 Å². The molecule has 3 heterocycles. The third kappa shape index (κ3) is 2.74. The van der Waals surface area contributed by atoms with Crippen molar-refractivity contribution in [2.24, 2.45) is 0 Å². The highest BCUT2D eigenvalue weighted by atomic mass is 32.1. The molecule has 1 saturated heterocycles. The van der Waals surface area contributed by atoms with Gasteiger partial charge in [-0.05, 0) is 47.4 Å². The maximum Gasteiger partial charge on any atom is 0.356 e. The highest BCUT2D eigenvalue weighted by Gasteiger charge is 2.31. The van der Waals surface area contributed by atoms with Crippen LogP contribution >= 0.6 is 11.3 Å². The minimum Gasteiger partial charge on any atom is -0.464 e. The van der Waals surface area contributed by atoms with E-state index in [2.05, 4.69) is 21.2 Å². The van der Waals surface area contributed by atoms with Crippen molar-refractivity contribution in [3.8, 4) is 0 Å². The van der Waals surface area contributed by atoms with Crippen LogP contribution in [0.1, 0.15) is 45.4 Å². The second-order valence-electron chi connectivity index (χ2n) is 5.11. The molecule has 0 radical (unpaired) electrons. The van der Waals surface area contributed by atoms with Crippen LogP contribution in [0.15, 0.2) is 35.0 Å². The summed E-state index contributed by atoms with van der Waals surface area (Å²) in [7, 11) is 1.30. The fourth-order valence-corrected chi connectivity index (χ4v) is 3.45. The summed E-state index contributed by atoms with van der Waals surface area (Å²) >= 11 is 1.63. The van der Waals surface area contributed by atoms with Crippen LogP contribution in [-0.2, 0) is 4.74 Å². The number of carbonyl (C=O) groups is 2. The Hall–Kier alpha value is -2.21. The van der Waals surface area contributed by atoms with Crippen LogP contribution in [0.3, 0.4) is 0 Å². The molecule has 114 valence electrons. The average Bonchev–Trinajstić information content (AvgIpc) is 3.23. The number of aromatic nitrogens is 1. The van der Waals surface area contributed by atoms with Crippen molar-refractivity contribution in [3.05, 3.63) is 52.0 Å². The molecule has 5 nitrogen and oxygen atoms in total. The summed E-state index contributed by atoms with van der Waals surface area (Å²) in [6.45, 7) is 0.712. The first-order valence-corrected chi connectivity index (χ1v) is 8.03. The van der Waals surface area contributed by atoms with E-state index in [1.807, 2.05) is 10.3 Å². The second-order valence-corrected chi connectivity index (χ2v) is 5.89. The van der Waals surface area contributed by atoms with Crippen molar-refractivity contribution in [3.63, 3.8) is 0 Å². The van der Waals surface area contributed by atoms with Gasteiger partial charge in [0.05, 0.1) is 13.2 Å². The van der Waals surface area contributed by atoms with E-state index in [4.69, 9.17) is 0 Å². The molecule has 1 aliphatic heterocycles. The fourth-order valence-electron chi connectivity index (χ4n) is 2.74. The Morgan fingerprint density at radius 3 is 2.86 bits per heavy atom. The molecule has 6 heteroatoms. The molecule has 2 aromatic heterocycles. The van der Waals surface area contributed by atoms with Crippen LogP contribution in [0.5, 0.6) is 0 Å². The smallest absolute Gasteiger partial charge is 0.356 e. The van der Waals surface area contributed by atoms with Crippen LogP contribution in [0.4, 0.5) is 0 Å². The van der Waals surface area contributed by atoms with Crippen LogP contribution in [0.25, 0.3) is 0 Å². The van der Waals surface area contributed by atoms with Crippen molar-refractivity contribution in [1.29, 1.82) is 0 Å². The van der Waals surface area contributed by atoms with Gasteiger partial charge >= 0.3 is 5.97 Å². The molecule has 0 spiro atoms. The number of rotatable bonds is 3. The molecular weight excluding hydrogens is 300 g/mol. The number of nitrogens with zero attached hydrogens (tertiary/aromatic N) is 2. The first kappa shape index (κ1) is 14.7. The van der Waals surface area contributed by atoms with Gasteiger partial charge in [-0.25, -0.2) is 9.78 Å². The number of esters is 1. The SMILES string of the molecule is COC(=O)c1cccc(C(=O)N2CCC[C@@H]2c2ccsc2)n1. The summed E-state index contributed by atoms with van der Waals surface area (Å²) in [5, 5.41) is 4.10. The van der Waals surface area contributed by atoms with Crippen molar-refractivity contribution >= 4 is 23.2 Å². The zero-order valence-corrected chi connectivity index (χ0v) is 13.0. The van der Waals surface area contributed by atoms with E-state index in [9.17, 15) is 9.59 Å². The summed E-state index contributed by atoms with van der Waals surface area (Å²) in [4.78, 5) is 30.3. The Balaban J connectivity index is 1.86. The van der Waals surface area contributed by atoms with Crippen LogP contribution < -0.4 is 0 Å². The van der Waals surface area contributed by atoms with E-state index in [0.29, 0.717) is 6.54 Å². The molecule has 1 aliphatic rings. The van der Waals surface area contributed by atoms with Gasteiger partial charge in [0, 0.05) is 6.54 Å². The maximum atomic E-state index is 12.7. The van der Waals surface area contributed by atoms with E-state index in [1.165, 1.54) is 12.7 Å². The van der Waals surface area contributed by atoms with Gasteiger partial charge in [-0.1, -0.05) is 6.07 Å². The van der Waals surface area contributed by atoms with Gasteiger partial charge in [0.15, 0.2) is 0 Å². The van der Waals surface area contributed by atoms with Gasteiger partial charge in [-0.15, -0.1) is 0 Å². The topological polar surface area (TPSA) is 59.5 Å².